The fraction of sp³-hybridized carbons (Fsp3) is 0.417. The summed E-state index contributed by atoms with van der Waals surface area (Å²) >= 11 is 6.04. The predicted molar refractivity (Wildman–Crippen MR) is 63.2 cm³/mol. The number of phenolic OH excluding ortho intramolecular Hbond substituents is 2. The lowest BCUT2D eigenvalue weighted by Gasteiger charge is -2.38. The highest BCUT2D eigenvalue weighted by molar-refractivity contribution is 6.33. The van der Waals surface area contributed by atoms with Crippen molar-refractivity contribution in [2.45, 2.75) is 31.7 Å². The van der Waals surface area contributed by atoms with Crippen LogP contribution in [0.2, 0.25) is 5.02 Å². The average Bonchev–Trinajstić information content (AvgIpc) is 2.22. The Morgan fingerprint density at radius 1 is 1.47 bits per heavy atom. The summed E-state index contributed by atoms with van der Waals surface area (Å²) in [5.41, 5.74) is 0.654. The van der Waals surface area contributed by atoms with E-state index in [1.165, 1.54) is 6.07 Å². The van der Waals surface area contributed by atoms with Crippen molar-refractivity contribution in [1.29, 1.82) is 0 Å². The Bertz CT molecular complexity index is 517. The van der Waals surface area contributed by atoms with E-state index in [0.717, 1.165) is 6.42 Å². The van der Waals surface area contributed by atoms with E-state index in [-0.39, 0.29) is 16.5 Å². The molecule has 1 aromatic rings. The summed E-state index contributed by atoms with van der Waals surface area (Å²) < 4.78 is 0. The first-order chi connectivity index (χ1) is 8.02. The Kier molecular flexibility index (Phi) is 2.86. The maximum atomic E-state index is 10.5. The SMILES string of the molecule is Cc1cc(O)c(O)c(Cl)c1C1(N=C=O)CCC1. The molecule has 2 rings (SSSR count). The molecule has 2 N–H and O–H groups in total. The molecule has 0 spiro atoms. The number of aryl methyl sites for hydroxylation is 1. The van der Waals surface area contributed by atoms with Gasteiger partial charge in [-0.25, -0.2) is 4.79 Å². The molecule has 1 aliphatic rings. The molecule has 1 fully saturated rings. The Morgan fingerprint density at radius 3 is 2.59 bits per heavy atom. The maximum Gasteiger partial charge on any atom is 0.235 e. The van der Waals surface area contributed by atoms with Gasteiger partial charge in [-0.1, -0.05) is 11.6 Å². The van der Waals surface area contributed by atoms with E-state index in [4.69, 9.17) is 11.6 Å². The van der Waals surface area contributed by atoms with E-state index in [9.17, 15) is 15.0 Å². The van der Waals surface area contributed by atoms with Gasteiger partial charge in [-0.15, -0.1) is 0 Å². The molecular formula is C12H12ClNO3. The van der Waals surface area contributed by atoms with Crippen molar-refractivity contribution in [2.24, 2.45) is 4.99 Å². The lowest BCUT2D eigenvalue weighted by Crippen LogP contribution is -2.33. The first kappa shape index (κ1) is 12.0. The molecule has 5 heteroatoms. The van der Waals surface area contributed by atoms with Crippen LogP contribution in [0.4, 0.5) is 0 Å². The van der Waals surface area contributed by atoms with Gasteiger partial charge in [0, 0.05) is 5.56 Å². The largest absolute Gasteiger partial charge is 0.504 e. The van der Waals surface area contributed by atoms with Crippen LogP contribution in [0.25, 0.3) is 0 Å². The summed E-state index contributed by atoms with van der Waals surface area (Å²) in [6.45, 7) is 1.76. The summed E-state index contributed by atoms with van der Waals surface area (Å²) in [4.78, 5) is 14.4. The third-order valence-electron chi connectivity index (χ3n) is 3.32. The first-order valence-corrected chi connectivity index (χ1v) is 5.70. The molecule has 0 heterocycles. The lowest BCUT2D eigenvalue weighted by molar-refractivity contribution is 0.253. The van der Waals surface area contributed by atoms with E-state index >= 15 is 0 Å². The lowest BCUT2D eigenvalue weighted by atomic mass is 9.71. The molecule has 1 aromatic carbocycles. The van der Waals surface area contributed by atoms with Crippen LogP contribution in [0.15, 0.2) is 11.1 Å². The van der Waals surface area contributed by atoms with E-state index < -0.39 is 5.54 Å². The number of benzene rings is 1. The molecule has 1 saturated carbocycles. The van der Waals surface area contributed by atoms with Crippen LogP contribution in [0, 0.1) is 6.92 Å². The van der Waals surface area contributed by atoms with Crippen LogP contribution >= 0.6 is 11.6 Å². The van der Waals surface area contributed by atoms with Crippen LogP contribution < -0.4 is 0 Å². The fourth-order valence-corrected chi connectivity index (χ4v) is 2.76. The number of phenols is 2. The molecule has 0 saturated heterocycles. The Labute approximate surface area is 104 Å². The quantitative estimate of drug-likeness (QED) is 0.484. The fourth-order valence-electron chi connectivity index (χ4n) is 2.34. The standard InChI is InChI=1S/C12H12ClNO3/c1-7-5-8(16)11(17)10(13)9(7)12(14-6-15)3-2-4-12/h5,16-17H,2-4H2,1H3. The number of hydrogen-bond acceptors (Lipinski definition) is 4. The summed E-state index contributed by atoms with van der Waals surface area (Å²) in [7, 11) is 0. The summed E-state index contributed by atoms with van der Waals surface area (Å²) in [5, 5.41) is 19.2. The highest BCUT2D eigenvalue weighted by Gasteiger charge is 2.42. The molecule has 17 heavy (non-hydrogen) atoms. The number of nitrogens with zero attached hydrogens (tertiary/aromatic N) is 1. The zero-order valence-electron chi connectivity index (χ0n) is 9.33. The van der Waals surface area contributed by atoms with Gasteiger partial charge in [0.25, 0.3) is 0 Å². The van der Waals surface area contributed by atoms with Gasteiger partial charge in [-0.05, 0) is 37.8 Å². The average molecular weight is 254 g/mol. The minimum absolute atomic E-state index is 0.0706. The van der Waals surface area contributed by atoms with Crippen molar-refractivity contribution >= 4 is 17.7 Å². The van der Waals surface area contributed by atoms with E-state index in [1.807, 2.05) is 0 Å². The number of halogens is 1. The van der Waals surface area contributed by atoms with Gasteiger partial charge in [-0.2, -0.15) is 4.99 Å². The normalized spacial score (nSPS) is 17.1. The van der Waals surface area contributed by atoms with Gasteiger partial charge in [0.15, 0.2) is 11.5 Å². The molecule has 90 valence electrons. The number of aliphatic imine (C=N–C) groups is 1. The number of isocyanates is 1. The predicted octanol–water partition coefficient (Wildman–Crippen LogP) is 2.77. The second-order valence-corrected chi connectivity index (χ2v) is 4.72. The molecule has 1 aliphatic carbocycles. The van der Waals surface area contributed by atoms with E-state index in [0.29, 0.717) is 24.0 Å². The third kappa shape index (κ3) is 1.70. The Balaban J connectivity index is 2.66. The molecule has 0 aliphatic heterocycles. The minimum Gasteiger partial charge on any atom is -0.504 e. The molecule has 0 amide bonds. The second kappa shape index (κ2) is 4.06. The Hall–Kier alpha value is -1.51. The van der Waals surface area contributed by atoms with E-state index in [1.54, 1.807) is 13.0 Å². The van der Waals surface area contributed by atoms with Crippen molar-refractivity contribution in [2.75, 3.05) is 0 Å². The van der Waals surface area contributed by atoms with Gasteiger partial charge >= 0.3 is 0 Å². The minimum atomic E-state index is -0.673. The maximum absolute atomic E-state index is 10.5. The van der Waals surface area contributed by atoms with Crippen molar-refractivity contribution in [3.05, 3.63) is 22.2 Å². The number of carbonyl (C=O) groups excluding carboxylic acids is 1. The monoisotopic (exact) mass is 253 g/mol. The highest BCUT2D eigenvalue weighted by Crippen LogP contribution is 2.51. The summed E-state index contributed by atoms with van der Waals surface area (Å²) in [6, 6.07) is 1.43. The smallest absolute Gasteiger partial charge is 0.235 e. The van der Waals surface area contributed by atoms with Crippen molar-refractivity contribution < 1.29 is 15.0 Å². The molecule has 0 radical (unpaired) electrons. The first-order valence-electron chi connectivity index (χ1n) is 5.32. The van der Waals surface area contributed by atoms with Crippen LogP contribution in [-0.4, -0.2) is 16.3 Å². The molecule has 0 atom stereocenters. The van der Waals surface area contributed by atoms with Gasteiger partial charge in [-0.3, -0.25) is 0 Å². The zero-order chi connectivity index (χ0) is 12.6. The Morgan fingerprint density at radius 2 is 2.12 bits per heavy atom. The highest BCUT2D eigenvalue weighted by atomic mass is 35.5. The molecular weight excluding hydrogens is 242 g/mol. The van der Waals surface area contributed by atoms with Crippen molar-refractivity contribution in [3.8, 4) is 11.5 Å². The second-order valence-electron chi connectivity index (χ2n) is 4.34. The summed E-state index contributed by atoms with van der Waals surface area (Å²) in [6.07, 6.45) is 3.92. The van der Waals surface area contributed by atoms with Gasteiger partial charge in [0.05, 0.1) is 5.02 Å². The van der Waals surface area contributed by atoms with Crippen LogP contribution in [-0.2, 0) is 10.3 Å². The van der Waals surface area contributed by atoms with Crippen LogP contribution in [0.5, 0.6) is 11.5 Å². The zero-order valence-corrected chi connectivity index (χ0v) is 10.1. The number of hydrogen-bond donors (Lipinski definition) is 2. The van der Waals surface area contributed by atoms with Crippen LogP contribution in [0.1, 0.15) is 30.4 Å². The summed E-state index contributed by atoms with van der Waals surface area (Å²) in [5.74, 6) is -0.625. The number of aromatic hydroxyl groups is 2. The third-order valence-corrected chi connectivity index (χ3v) is 3.69. The molecule has 0 aromatic heterocycles. The van der Waals surface area contributed by atoms with Gasteiger partial charge in [0.1, 0.15) is 5.54 Å². The van der Waals surface area contributed by atoms with Crippen molar-refractivity contribution in [1.82, 2.24) is 0 Å². The van der Waals surface area contributed by atoms with Crippen molar-refractivity contribution in [3.63, 3.8) is 0 Å². The van der Waals surface area contributed by atoms with E-state index in [2.05, 4.69) is 4.99 Å². The molecule has 0 unspecified atom stereocenters. The molecule has 0 bridgehead atoms. The van der Waals surface area contributed by atoms with Gasteiger partial charge < -0.3 is 10.2 Å². The van der Waals surface area contributed by atoms with Gasteiger partial charge in [0.2, 0.25) is 6.08 Å². The topological polar surface area (TPSA) is 69.9 Å². The van der Waals surface area contributed by atoms with Crippen LogP contribution in [0.3, 0.4) is 0 Å². The number of rotatable bonds is 2. The molecule has 4 nitrogen and oxygen atoms in total.